The van der Waals surface area contributed by atoms with E-state index < -0.39 is 0 Å². The number of hydrogen-bond donors (Lipinski definition) is 0. The molecule has 1 unspecified atom stereocenters. The molecular formula is C11H21N3O. The fraction of sp³-hybridized carbons (Fsp3) is 0.818. The maximum Gasteiger partial charge on any atom is 0.248 e. The molecule has 1 rings (SSSR count). The van der Waals surface area contributed by atoms with Gasteiger partial charge in [0.05, 0.1) is 12.0 Å². The number of likely N-dealkylation sites (N-methyl/N-ethyl adjacent to an activating group) is 1. The molecule has 1 atom stereocenters. The van der Waals surface area contributed by atoms with Gasteiger partial charge in [0.15, 0.2) is 0 Å². The zero-order chi connectivity index (χ0) is 11.5. The van der Waals surface area contributed by atoms with Crippen molar-refractivity contribution in [3.63, 3.8) is 0 Å². The van der Waals surface area contributed by atoms with Crippen molar-refractivity contribution in [3.05, 3.63) is 0 Å². The lowest BCUT2D eigenvalue weighted by atomic mass is 9.82. The predicted molar refractivity (Wildman–Crippen MR) is 61.8 cm³/mol. The summed E-state index contributed by atoms with van der Waals surface area (Å²) in [4.78, 5) is 14.1. The van der Waals surface area contributed by atoms with Crippen molar-refractivity contribution in [2.24, 2.45) is 10.5 Å². The van der Waals surface area contributed by atoms with Crippen molar-refractivity contribution < 1.29 is 4.79 Å². The highest BCUT2D eigenvalue weighted by molar-refractivity contribution is 5.87. The van der Waals surface area contributed by atoms with Crippen molar-refractivity contribution >= 4 is 12.1 Å². The number of hydrogen-bond acceptors (Lipinski definition) is 3. The molecular weight excluding hydrogens is 190 g/mol. The van der Waals surface area contributed by atoms with Crippen LogP contribution in [-0.2, 0) is 4.79 Å². The second kappa shape index (κ2) is 4.75. The summed E-state index contributed by atoms with van der Waals surface area (Å²) in [6, 6.07) is 0. The average molecular weight is 211 g/mol. The first-order chi connectivity index (χ1) is 6.99. The van der Waals surface area contributed by atoms with Gasteiger partial charge in [-0.15, -0.1) is 0 Å². The van der Waals surface area contributed by atoms with E-state index in [4.69, 9.17) is 0 Å². The van der Waals surface area contributed by atoms with Crippen LogP contribution < -0.4 is 0 Å². The van der Waals surface area contributed by atoms with E-state index in [0.29, 0.717) is 6.54 Å². The van der Waals surface area contributed by atoms with Crippen molar-refractivity contribution in [2.45, 2.75) is 26.7 Å². The van der Waals surface area contributed by atoms with Crippen LogP contribution in [0, 0.1) is 5.41 Å². The largest absolute Gasteiger partial charge is 0.308 e. The first-order valence-electron chi connectivity index (χ1n) is 5.49. The van der Waals surface area contributed by atoms with Gasteiger partial charge < -0.3 is 4.90 Å². The Bertz CT molecular complexity index is 263. The molecule has 1 heterocycles. The van der Waals surface area contributed by atoms with E-state index in [1.165, 1.54) is 0 Å². The molecule has 1 aliphatic rings. The summed E-state index contributed by atoms with van der Waals surface area (Å²) < 4.78 is 0. The second-order valence-electron chi connectivity index (χ2n) is 4.65. The summed E-state index contributed by atoms with van der Waals surface area (Å²) in [5, 5.41) is 5.76. The fourth-order valence-electron chi connectivity index (χ4n) is 1.54. The smallest absolute Gasteiger partial charge is 0.248 e. The topological polar surface area (TPSA) is 35.9 Å². The van der Waals surface area contributed by atoms with E-state index in [1.807, 2.05) is 27.2 Å². The zero-order valence-electron chi connectivity index (χ0n) is 10.2. The van der Waals surface area contributed by atoms with Crippen LogP contribution >= 0.6 is 0 Å². The van der Waals surface area contributed by atoms with E-state index in [1.54, 1.807) is 5.01 Å². The monoisotopic (exact) mass is 211 g/mol. The summed E-state index contributed by atoms with van der Waals surface area (Å²) in [5.74, 6) is 0.161. The molecule has 0 bridgehead atoms. The highest BCUT2D eigenvalue weighted by atomic mass is 16.2. The summed E-state index contributed by atoms with van der Waals surface area (Å²) >= 11 is 0. The van der Waals surface area contributed by atoms with Gasteiger partial charge in [0, 0.05) is 12.8 Å². The van der Waals surface area contributed by atoms with Crippen molar-refractivity contribution in [3.8, 4) is 0 Å². The predicted octanol–water partition coefficient (Wildman–Crippen LogP) is 1.18. The molecule has 4 heteroatoms. The Labute approximate surface area is 91.9 Å². The van der Waals surface area contributed by atoms with Crippen molar-refractivity contribution in [1.29, 1.82) is 0 Å². The fourth-order valence-corrected chi connectivity index (χ4v) is 1.54. The molecule has 4 nitrogen and oxygen atoms in total. The van der Waals surface area contributed by atoms with Gasteiger partial charge in [-0.1, -0.05) is 13.8 Å². The summed E-state index contributed by atoms with van der Waals surface area (Å²) in [6.45, 7) is 5.60. The first kappa shape index (κ1) is 12.2. The molecule has 1 amide bonds. The molecule has 15 heavy (non-hydrogen) atoms. The van der Waals surface area contributed by atoms with Gasteiger partial charge in [-0.25, -0.2) is 5.01 Å². The molecule has 1 aliphatic heterocycles. The normalized spacial score (nSPS) is 26.5. The minimum atomic E-state index is -0.242. The second-order valence-corrected chi connectivity index (χ2v) is 4.65. The molecule has 86 valence electrons. The van der Waals surface area contributed by atoms with Gasteiger partial charge >= 0.3 is 0 Å². The first-order valence-corrected chi connectivity index (χ1v) is 5.49. The standard InChI is InChI=1S/C11H21N3O/c1-5-11(2)6-7-12-14(10(11)15)9-8-13(3)4/h7H,5-6,8-9H2,1-4H3. The van der Waals surface area contributed by atoms with Crippen molar-refractivity contribution in [2.75, 3.05) is 27.2 Å². The Morgan fingerprint density at radius 2 is 2.27 bits per heavy atom. The Morgan fingerprint density at radius 1 is 1.60 bits per heavy atom. The molecule has 0 aromatic rings. The number of carbonyl (C=O) groups is 1. The average Bonchev–Trinajstić information content (AvgIpc) is 2.20. The van der Waals surface area contributed by atoms with Crippen LogP contribution in [0.1, 0.15) is 26.7 Å². The van der Waals surface area contributed by atoms with Gasteiger partial charge in [0.1, 0.15) is 0 Å². The van der Waals surface area contributed by atoms with Crippen LogP contribution in [0.3, 0.4) is 0 Å². The van der Waals surface area contributed by atoms with Gasteiger partial charge in [-0.2, -0.15) is 5.10 Å². The van der Waals surface area contributed by atoms with E-state index in [2.05, 4.69) is 16.9 Å². The molecule has 0 aromatic carbocycles. The van der Waals surface area contributed by atoms with Crippen molar-refractivity contribution in [1.82, 2.24) is 9.91 Å². The summed E-state index contributed by atoms with van der Waals surface area (Å²) in [5.41, 5.74) is -0.242. The Morgan fingerprint density at radius 3 is 2.80 bits per heavy atom. The third-order valence-corrected chi connectivity index (χ3v) is 3.05. The van der Waals surface area contributed by atoms with E-state index in [-0.39, 0.29) is 11.3 Å². The molecule has 0 aliphatic carbocycles. The highest BCUT2D eigenvalue weighted by Gasteiger charge is 2.36. The van der Waals surface area contributed by atoms with E-state index in [9.17, 15) is 4.79 Å². The number of nitrogens with zero attached hydrogens (tertiary/aromatic N) is 3. The molecule has 0 spiro atoms. The summed E-state index contributed by atoms with van der Waals surface area (Å²) in [7, 11) is 3.99. The summed E-state index contributed by atoms with van der Waals surface area (Å²) in [6.07, 6.45) is 3.50. The SMILES string of the molecule is CCC1(C)CC=NN(CCN(C)C)C1=O. The van der Waals surface area contributed by atoms with Gasteiger partial charge in [0.2, 0.25) is 5.91 Å². The van der Waals surface area contributed by atoms with Crippen LogP contribution in [0.2, 0.25) is 0 Å². The van der Waals surface area contributed by atoms with Crippen LogP contribution in [0.25, 0.3) is 0 Å². The van der Waals surface area contributed by atoms with E-state index >= 15 is 0 Å². The number of hydrazone groups is 1. The van der Waals surface area contributed by atoms with Gasteiger partial charge in [-0.3, -0.25) is 4.79 Å². The molecule has 0 fully saturated rings. The third-order valence-electron chi connectivity index (χ3n) is 3.05. The van der Waals surface area contributed by atoms with E-state index in [0.717, 1.165) is 19.4 Å². The van der Waals surface area contributed by atoms with Crippen LogP contribution in [0.5, 0.6) is 0 Å². The molecule has 0 saturated carbocycles. The maximum atomic E-state index is 12.1. The zero-order valence-corrected chi connectivity index (χ0v) is 10.2. The Hall–Kier alpha value is -0.900. The lowest BCUT2D eigenvalue weighted by Gasteiger charge is -2.34. The van der Waals surface area contributed by atoms with Crippen LogP contribution in [-0.4, -0.2) is 49.2 Å². The van der Waals surface area contributed by atoms with Crippen LogP contribution in [0.4, 0.5) is 0 Å². The number of carbonyl (C=O) groups excluding carboxylic acids is 1. The Balaban J connectivity index is 2.63. The quantitative estimate of drug-likeness (QED) is 0.700. The lowest BCUT2D eigenvalue weighted by molar-refractivity contribution is -0.142. The minimum Gasteiger partial charge on any atom is -0.308 e. The molecule has 0 radical (unpaired) electrons. The minimum absolute atomic E-state index is 0.161. The maximum absolute atomic E-state index is 12.1. The lowest BCUT2D eigenvalue weighted by Crippen LogP contribution is -2.45. The van der Waals surface area contributed by atoms with Crippen LogP contribution in [0.15, 0.2) is 5.10 Å². The Kier molecular flexibility index (Phi) is 3.85. The van der Waals surface area contributed by atoms with Gasteiger partial charge in [-0.05, 0) is 26.9 Å². The highest BCUT2D eigenvalue weighted by Crippen LogP contribution is 2.30. The third kappa shape index (κ3) is 2.78. The number of rotatable bonds is 4. The molecule has 0 N–H and O–H groups in total. The number of amides is 1. The molecule has 0 saturated heterocycles. The van der Waals surface area contributed by atoms with Gasteiger partial charge in [0.25, 0.3) is 0 Å². The molecule has 0 aromatic heterocycles.